The SMILES string of the molecule is O=C1C(=Cc2ccc(Cl)cc2)C2=C(C(=O)N(c3ccccc3)C2c2ccccc2)N1c1ccccc1. The summed E-state index contributed by atoms with van der Waals surface area (Å²) in [6, 6.07) is 35.7. The number of amides is 2. The van der Waals surface area contributed by atoms with Gasteiger partial charge in [0.05, 0.1) is 6.04 Å². The van der Waals surface area contributed by atoms with Crippen molar-refractivity contribution < 1.29 is 9.59 Å². The van der Waals surface area contributed by atoms with Crippen molar-refractivity contribution in [3.8, 4) is 0 Å². The third kappa shape index (κ3) is 3.63. The highest BCUT2D eigenvalue weighted by Crippen LogP contribution is 2.50. The monoisotopic (exact) mass is 488 g/mol. The van der Waals surface area contributed by atoms with Crippen molar-refractivity contribution in [2.45, 2.75) is 6.04 Å². The predicted octanol–water partition coefficient (Wildman–Crippen LogP) is 6.81. The van der Waals surface area contributed by atoms with E-state index >= 15 is 0 Å². The highest BCUT2D eigenvalue weighted by molar-refractivity contribution is 6.31. The third-order valence-electron chi connectivity index (χ3n) is 6.50. The van der Waals surface area contributed by atoms with Crippen LogP contribution in [0, 0.1) is 0 Å². The number of hydrogen-bond acceptors (Lipinski definition) is 2. The van der Waals surface area contributed by atoms with Gasteiger partial charge in [-0.3, -0.25) is 19.4 Å². The van der Waals surface area contributed by atoms with Gasteiger partial charge in [0.2, 0.25) is 0 Å². The first kappa shape index (κ1) is 22.1. The second-order valence-corrected chi connectivity index (χ2v) is 9.11. The Labute approximate surface area is 214 Å². The van der Waals surface area contributed by atoms with Gasteiger partial charge >= 0.3 is 0 Å². The van der Waals surface area contributed by atoms with Crippen molar-refractivity contribution >= 4 is 40.9 Å². The zero-order chi connectivity index (χ0) is 24.6. The van der Waals surface area contributed by atoms with Crippen LogP contribution in [0.1, 0.15) is 17.2 Å². The van der Waals surface area contributed by atoms with Crippen molar-refractivity contribution in [1.82, 2.24) is 0 Å². The molecule has 4 nitrogen and oxygen atoms in total. The number of benzene rings is 4. The van der Waals surface area contributed by atoms with E-state index in [0.29, 0.717) is 27.6 Å². The second kappa shape index (κ2) is 8.99. The fourth-order valence-electron chi connectivity index (χ4n) is 4.93. The van der Waals surface area contributed by atoms with E-state index < -0.39 is 6.04 Å². The Morgan fingerprint density at radius 1 is 0.639 bits per heavy atom. The predicted molar refractivity (Wildman–Crippen MR) is 143 cm³/mol. The van der Waals surface area contributed by atoms with E-state index in [9.17, 15) is 9.59 Å². The Morgan fingerprint density at radius 3 is 1.81 bits per heavy atom. The molecular formula is C31H21ClN2O2. The first-order chi connectivity index (χ1) is 17.6. The van der Waals surface area contributed by atoms with E-state index in [0.717, 1.165) is 16.8 Å². The number of anilines is 2. The summed E-state index contributed by atoms with van der Waals surface area (Å²) in [7, 11) is 0. The molecule has 0 saturated carbocycles. The number of para-hydroxylation sites is 2. The second-order valence-electron chi connectivity index (χ2n) is 8.67. The number of carbonyl (C=O) groups is 2. The first-order valence-corrected chi connectivity index (χ1v) is 12.1. The molecule has 1 atom stereocenters. The van der Waals surface area contributed by atoms with Gasteiger partial charge < -0.3 is 0 Å². The molecule has 2 aliphatic rings. The molecule has 36 heavy (non-hydrogen) atoms. The lowest BCUT2D eigenvalue weighted by Crippen LogP contribution is -2.38. The average Bonchev–Trinajstić information content (AvgIpc) is 3.37. The molecule has 0 N–H and O–H groups in total. The minimum atomic E-state index is -0.452. The zero-order valence-electron chi connectivity index (χ0n) is 19.2. The molecule has 0 saturated heterocycles. The van der Waals surface area contributed by atoms with Crippen molar-refractivity contribution in [3.05, 3.63) is 148 Å². The van der Waals surface area contributed by atoms with Crippen molar-refractivity contribution in [2.75, 3.05) is 9.80 Å². The molecule has 4 aromatic rings. The van der Waals surface area contributed by atoms with E-state index in [4.69, 9.17) is 11.6 Å². The van der Waals surface area contributed by atoms with Crippen LogP contribution >= 0.6 is 11.6 Å². The molecule has 0 aromatic heterocycles. The van der Waals surface area contributed by atoms with E-state index in [-0.39, 0.29) is 11.8 Å². The lowest BCUT2D eigenvalue weighted by Gasteiger charge is -2.30. The third-order valence-corrected chi connectivity index (χ3v) is 6.75. The van der Waals surface area contributed by atoms with Gasteiger partial charge in [-0.15, -0.1) is 0 Å². The molecule has 0 radical (unpaired) electrons. The minimum absolute atomic E-state index is 0.207. The Hall–Kier alpha value is -4.41. The van der Waals surface area contributed by atoms with Crippen molar-refractivity contribution in [3.63, 3.8) is 0 Å². The smallest absolute Gasteiger partial charge is 0.276 e. The highest BCUT2D eigenvalue weighted by atomic mass is 35.5. The van der Waals surface area contributed by atoms with Gasteiger partial charge in [0.1, 0.15) is 5.70 Å². The largest absolute Gasteiger partial charge is 0.295 e. The van der Waals surface area contributed by atoms with Crippen LogP contribution in [-0.4, -0.2) is 11.8 Å². The number of halogens is 1. The maximum absolute atomic E-state index is 14.2. The molecule has 2 aliphatic heterocycles. The van der Waals surface area contributed by atoms with Crippen molar-refractivity contribution in [1.29, 1.82) is 0 Å². The number of carbonyl (C=O) groups excluding carboxylic acids is 2. The maximum atomic E-state index is 14.2. The van der Waals surface area contributed by atoms with Crippen LogP contribution in [-0.2, 0) is 9.59 Å². The Kier molecular flexibility index (Phi) is 5.51. The summed E-state index contributed by atoms with van der Waals surface area (Å²) in [6.45, 7) is 0. The zero-order valence-corrected chi connectivity index (χ0v) is 20.0. The topological polar surface area (TPSA) is 40.6 Å². The molecule has 2 heterocycles. The molecule has 6 rings (SSSR count). The van der Waals surface area contributed by atoms with Crippen LogP contribution in [0.25, 0.3) is 6.08 Å². The van der Waals surface area contributed by atoms with Gasteiger partial charge in [0.15, 0.2) is 0 Å². The molecular weight excluding hydrogens is 468 g/mol. The van der Waals surface area contributed by atoms with E-state index in [1.54, 1.807) is 21.9 Å². The van der Waals surface area contributed by atoms with E-state index in [2.05, 4.69) is 0 Å². The lowest BCUT2D eigenvalue weighted by atomic mass is 9.93. The van der Waals surface area contributed by atoms with Crippen LogP contribution in [0.5, 0.6) is 0 Å². The van der Waals surface area contributed by atoms with Gasteiger partial charge in [-0.25, -0.2) is 0 Å². The number of rotatable bonds is 4. The van der Waals surface area contributed by atoms with Crippen LogP contribution in [0.15, 0.2) is 132 Å². The molecule has 0 bridgehead atoms. The molecule has 0 spiro atoms. The van der Waals surface area contributed by atoms with Gasteiger partial charge in [0.25, 0.3) is 11.8 Å². The summed E-state index contributed by atoms with van der Waals surface area (Å²) in [5.41, 5.74) is 4.80. The Bertz CT molecular complexity index is 1510. The summed E-state index contributed by atoms with van der Waals surface area (Å²) >= 11 is 6.10. The van der Waals surface area contributed by atoms with Gasteiger partial charge in [0, 0.05) is 27.5 Å². The van der Waals surface area contributed by atoms with Crippen LogP contribution < -0.4 is 9.80 Å². The van der Waals surface area contributed by atoms with E-state index in [1.165, 1.54) is 0 Å². The standard InChI is InChI=1S/C31H21ClN2O2/c32-23-18-16-21(17-19-23)20-26-27-28(22-10-4-1-5-11-22)33(24-12-6-2-7-13-24)31(36)29(27)34(30(26)35)25-14-8-3-9-15-25/h1-20,28H. The number of nitrogens with zero attached hydrogens (tertiary/aromatic N) is 2. The molecule has 2 amide bonds. The fourth-order valence-corrected chi connectivity index (χ4v) is 5.05. The quantitative estimate of drug-likeness (QED) is 0.296. The normalized spacial score (nSPS) is 18.4. The molecule has 0 fully saturated rings. The highest BCUT2D eigenvalue weighted by Gasteiger charge is 2.52. The average molecular weight is 489 g/mol. The number of hydrogen-bond donors (Lipinski definition) is 0. The minimum Gasteiger partial charge on any atom is -0.295 e. The molecule has 0 aliphatic carbocycles. The molecule has 4 aromatic carbocycles. The molecule has 1 unspecified atom stereocenters. The molecule has 174 valence electrons. The first-order valence-electron chi connectivity index (χ1n) is 11.7. The Morgan fingerprint density at radius 2 is 1.19 bits per heavy atom. The van der Waals surface area contributed by atoms with Crippen LogP contribution in [0.2, 0.25) is 5.02 Å². The van der Waals surface area contributed by atoms with Gasteiger partial charge in [-0.1, -0.05) is 90.5 Å². The molecule has 5 heteroatoms. The lowest BCUT2D eigenvalue weighted by molar-refractivity contribution is -0.118. The summed E-state index contributed by atoms with van der Waals surface area (Å²) < 4.78 is 0. The summed E-state index contributed by atoms with van der Waals surface area (Å²) in [6.07, 6.45) is 1.86. The maximum Gasteiger partial charge on any atom is 0.276 e. The van der Waals surface area contributed by atoms with Crippen LogP contribution in [0.4, 0.5) is 11.4 Å². The van der Waals surface area contributed by atoms with E-state index in [1.807, 2.05) is 109 Å². The summed E-state index contributed by atoms with van der Waals surface area (Å²) in [5.74, 6) is -0.426. The van der Waals surface area contributed by atoms with Gasteiger partial charge in [-0.05, 0) is 53.6 Å². The summed E-state index contributed by atoms with van der Waals surface area (Å²) in [4.78, 5) is 31.5. The fraction of sp³-hybridized carbons (Fsp3) is 0.0323. The van der Waals surface area contributed by atoms with Crippen LogP contribution in [0.3, 0.4) is 0 Å². The van der Waals surface area contributed by atoms with Crippen molar-refractivity contribution in [2.24, 2.45) is 0 Å². The Balaban J connectivity index is 1.61. The summed E-state index contributed by atoms with van der Waals surface area (Å²) in [5, 5.41) is 0.620. The van der Waals surface area contributed by atoms with Gasteiger partial charge in [-0.2, -0.15) is 0 Å².